The van der Waals surface area contributed by atoms with Crippen molar-refractivity contribution in [3.8, 4) is 5.75 Å². The molecule has 0 aliphatic heterocycles. The molecule has 1 nitrogen and oxygen atoms in total. The first-order chi connectivity index (χ1) is 6.57. The van der Waals surface area contributed by atoms with Gasteiger partial charge in [0.25, 0.3) is 0 Å². The normalized spacial score (nSPS) is 9.29. The van der Waals surface area contributed by atoms with Crippen LogP contribution in [0.4, 0.5) is 0 Å². The van der Waals surface area contributed by atoms with Gasteiger partial charge in [0.15, 0.2) is 0 Å². The van der Waals surface area contributed by atoms with E-state index in [-0.39, 0.29) is 0 Å². The Morgan fingerprint density at radius 1 is 1.07 bits per heavy atom. The Kier molecular flexibility index (Phi) is 5.29. The fourth-order valence-electron chi connectivity index (χ4n) is 1.42. The molecular weight excluding hydrogens is 172 g/mol. The van der Waals surface area contributed by atoms with E-state index in [1.165, 1.54) is 11.1 Å². The molecule has 0 fully saturated rings. The van der Waals surface area contributed by atoms with Crippen LogP contribution in [0.3, 0.4) is 0 Å². The maximum atomic E-state index is 9.70. The topological polar surface area (TPSA) is 20.2 Å². The van der Waals surface area contributed by atoms with Crippen molar-refractivity contribution in [1.29, 1.82) is 0 Å². The molecular formula is C13H22O. The van der Waals surface area contributed by atoms with E-state index in [9.17, 15) is 5.11 Å². The second-order valence-electron chi connectivity index (χ2n) is 3.30. The molecule has 14 heavy (non-hydrogen) atoms. The van der Waals surface area contributed by atoms with Crippen LogP contribution in [-0.2, 0) is 6.42 Å². The van der Waals surface area contributed by atoms with E-state index in [0.29, 0.717) is 5.75 Å². The Hall–Kier alpha value is -0.980. The summed E-state index contributed by atoms with van der Waals surface area (Å²) in [6.45, 7) is 12.2. The van der Waals surface area contributed by atoms with E-state index in [1.54, 1.807) is 0 Å². The number of aromatic hydroxyl groups is 1. The zero-order valence-electron chi connectivity index (χ0n) is 10.2. The monoisotopic (exact) mass is 194 g/mol. The van der Waals surface area contributed by atoms with E-state index < -0.39 is 0 Å². The fraction of sp³-hybridized carbons (Fsp3) is 0.538. The first kappa shape index (κ1) is 13.0. The first-order valence-electron chi connectivity index (χ1n) is 5.36. The Bertz CT molecular complexity index is 301. The molecule has 0 aliphatic rings. The molecule has 0 amide bonds. The molecule has 1 N–H and O–H groups in total. The minimum absolute atomic E-state index is 0.473. The summed E-state index contributed by atoms with van der Waals surface area (Å²) in [7, 11) is 0. The van der Waals surface area contributed by atoms with E-state index in [4.69, 9.17) is 0 Å². The van der Waals surface area contributed by atoms with Gasteiger partial charge in [-0.05, 0) is 49.4 Å². The molecule has 0 unspecified atom stereocenters. The Morgan fingerprint density at radius 3 is 2.00 bits per heavy atom. The molecule has 0 heterocycles. The van der Waals surface area contributed by atoms with Crippen molar-refractivity contribution in [2.45, 2.75) is 48.0 Å². The Balaban J connectivity index is 0.000000791. The molecule has 1 heteroatoms. The number of rotatable bonds is 1. The highest BCUT2D eigenvalue weighted by Crippen LogP contribution is 2.27. The second-order valence-corrected chi connectivity index (χ2v) is 3.30. The number of phenolic OH excluding ortho intramolecular Hbond substituents is 1. The highest BCUT2D eigenvalue weighted by atomic mass is 16.3. The first-order valence-corrected chi connectivity index (χ1v) is 5.36. The van der Waals surface area contributed by atoms with Gasteiger partial charge in [0.2, 0.25) is 0 Å². The average molecular weight is 194 g/mol. The van der Waals surface area contributed by atoms with Gasteiger partial charge < -0.3 is 5.11 Å². The standard InChI is InChI=1S/C11H16O.C2H6/c1-5-10-6-7(2)8(3)9(4)11(10)12;1-2/h6,12H,5H2,1-4H3;1-2H3. The number of hydrogen-bond donors (Lipinski definition) is 1. The molecule has 0 saturated heterocycles. The number of hydrogen-bond acceptors (Lipinski definition) is 1. The molecule has 0 spiro atoms. The summed E-state index contributed by atoms with van der Waals surface area (Å²) < 4.78 is 0. The van der Waals surface area contributed by atoms with Crippen LogP contribution in [0, 0.1) is 20.8 Å². The SMILES string of the molecule is CC.CCc1cc(C)c(C)c(C)c1O. The summed E-state index contributed by atoms with van der Waals surface area (Å²) in [5, 5.41) is 9.70. The summed E-state index contributed by atoms with van der Waals surface area (Å²) >= 11 is 0. The van der Waals surface area contributed by atoms with E-state index in [0.717, 1.165) is 17.5 Å². The molecule has 0 radical (unpaired) electrons. The number of benzene rings is 1. The third-order valence-corrected chi connectivity index (χ3v) is 2.59. The van der Waals surface area contributed by atoms with Gasteiger partial charge in [0.1, 0.15) is 5.75 Å². The molecule has 0 aliphatic carbocycles. The molecule has 0 bridgehead atoms. The Labute approximate surface area is 87.8 Å². The predicted octanol–water partition coefficient (Wildman–Crippen LogP) is 3.91. The highest BCUT2D eigenvalue weighted by Gasteiger charge is 2.07. The summed E-state index contributed by atoms with van der Waals surface area (Å²) in [6, 6.07) is 2.07. The fourth-order valence-corrected chi connectivity index (χ4v) is 1.42. The van der Waals surface area contributed by atoms with Crippen LogP contribution in [0.1, 0.15) is 43.0 Å². The largest absolute Gasteiger partial charge is 0.507 e. The van der Waals surface area contributed by atoms with Crippen molar-refractivity contribution in [2.75, 3.05) is 0 Å². The third kappa shape index (κ3) is 2.50. The van der Waals surface area contributed by atoms with Crippen LogP contribution in [0.2, 0.25) is 0 Å². The van der Waals surface area contributed by atoms with Gasteiger partial charge in [-0.25, -0.2) is 0 Å². The molecule has 0 atom stereocenters. The van der Waals surface area contributed by atoms with E-state index in [2.05, 4.69) is 19.9 Å². The summed E-state index contributed by atoms with van der Waals surface area (Å²) in [6.07, 6.45) is 0.897. The molecule has 0 aromatic heterocycles. The molecule has 1 aromatic carbocycles. The van der Waals surface area contributed by atoms with Crippen molar-refractivity contribution in [3.63, 3.8) is 0 Å². The van der Waals surface area contributed by atoms with Crippen LogP contribution in [0.25, 0.3) is 0 Å². The summed E-state index contributed by atoms with van der Waals surface area (Å²) in [5.74, 6) is 0.473. The minimum Gasteiger partial charge on any atom is -0.507 e. The van der Waals surface area contributed by atoms with Gasteiger partial charge in [-0.3, -0.25) is 0 Å². The molecule has 1 aromatic rings. The highest BCUT2D eigenvalue weighted by molar-refractivity contribution is 5.48. The lowest BCUT2D eigenvalue weighted by Crippen LogP contribution is -1.92. The van der Waals surface area contributed by atoms with Crippen LogP contribution < -0.4 is 0 Å². The van der Waals surface area contributed by atoms with Crippen molar-refractivity contribution >= 4 is 0 Å². The van der Waals surface area contributed by atoms with Gasteiger partial charge in [-0.1, -0.05) is 26.8 Å². The smallest absolute Gasteiger partial charge is 0.121 e. The van der Waals surface area contributed by atoms with Crippen molar-refractivity contribution in [1.82, 2.24) is 0 Å². The van der Waals surface area contributed by atoms with E-state index >= 15 is 0 Å². The van der Waals surface area contributed by atoms with Crippen LogP contribution in [0.5, 0.6) is 5.75 Å². The maximum Gasteiger partial charge on any atom is 0.121 e. The maximum absolute atomic E-state index is 9.70. The lowest BCUT2D eigenvalue weighted by Gasteiger charge is -2.10. The quantitative estimate of drug-likeness (QED) is 0.718. The molecule has 0 saturated carbocycles. The minimum atomic E-state index is 0.473. The number of aryl methyl sites for hydroxylation is 2. The third-order valence-electron chi connectivity index (χ3n) is 2.59. The zero-order valence-corrected chi connectivity index (χ0v) is 10.2. The van der Waals surface area contributed by atoms with Gasteiger partial charge in [0, 0.05) is 0 Å². The Morgan fingerprint density at radius 2 is 1.57 bits per heavy atom. The summed E-state index contributed by atoms with van der Waals surface area (Å²) in [5.41, 5.74) is 4.54. The van der Waals surface area contributed by atoms with E-state index in [1.807, 2.05) is 27.7 Å². The second kappa shape index (κ2) is 5.69. The van der Waals surface area contributed by atoms with Crippen molar-refractivity contribution in [3.05, 3.63) is 28.3 Å². The van der Waals surface area contributed by atoms with Gasteiger partial charge in [-0.2, -0.15) is 0 Å². The number of phenols is 1. The molecule has 1 rings (SSSR count). The van der Waals surface area contributed by atoms with Crippen molar-refractivity contribution < 1.29 is 5.11 Å². The lowest BCUT2D eigenvalue weighted by molar-refractivity contribution is 0.464. The van der Waals surface area contributed by atoms with Gasteiger partial charge in [0.05, 0.1) is 0 Å². The van der Waals surface area contributed by atoms with Crippen molar-refractivity contribution in [2.24, 2.45) is 0 Å². The molecule has 80 valence electrons. The van der Waals surface area contributed by atoms with Gasteiger partial charge in [-0.15, -0.1) is 0 Å². The summed E-state index contributed by atoms with van der Waals surface area (Å²) in [4.78, 5) is 0. The van der Waals surface area contributed by atoms with Crippen LogP contribution >= 0.6 is 0 Å². The van der Waals surface area contributed by atoms with Crippen LogP contribution in [-0.4, -0.2) is 5.11 Å². The van der Waals surface area contributed by atoms with Gasteiger partial charge >= 0.3 is 0 Å². The van der Waals surface area contributed by atoms with Crippen LogP contribution in [0.15, 0.2) is 6.07 Å². The zero-order chi connectivity index (χ0) is 11.3. The lowest BCUT2D eigenvalue weighted by atomic mass is 9.98. The average Bonchev–Trinajstić information content (AvgIpc) is 2.23. The predicted molar refractivity (Wildman–Crippen MR) is 63.0 cm³/mol.